The van der Waals surface area contributed by atoms with Gasteiger partial charge in [0.05, 0.1) is 10.8 Å². The average Bonchev–Trinajstić information content (AvgIpc) is 3.49. The largest absolute Gasteiger partial charge is 0.481 e. The highest BCUT2D eigenvalue weighted by Crippen LogP contribution is 2.47. The van der Waals surface area contributed by atoms with Crippen molar-refractivity contribution in [2.75, 3.05) is 0 Å². The molecule has 3 aliphatic carbocycles. The van der Waals surface area contributed by atoms with Crippen LogP contribution < -0.4 is 4.72 Å². The minimum absolute atomic E-state index is 0.0366. The molecule has 6 nitrogen and oxygen atoms in total. The summed E-state index contributed by atoms with van der Waals surface area (Å²) < 4.78 is 29.7. The highest BCUT2D eigenvalue weighted by molar-refractivity contribution is 7.89. The molecule has 1 aromatic carbocycles. The number of fused-ring (bicyclic) bond motifs is 2. The highest BCUT2D eigenvalue weighted by Gasteiger charge is 2.48. The van der Waals surface area contributed by atoms with E-state index in [-0.39, 0.29) is 22.8 Å². The molecule has 28 heavy (non-hydrogen) atoms. The molecule has 7 heteroatoms. The number of pyridine rings is 1. The van der Waals surface area contributed by atoms with Crippen molar-refractivity contribution in [3.05, 3.63) is 35.2 Å². The summed E-state index contributed by atoms with van der Waals surface area (Å²) >= 11 is 0. The number of carboxylic acids is 1. The standard InChI is InChI=1S/C21H24N2O4S/c1-21(2)9-18(21)23-28(26,27)19-15-7-13(20(24)25)5-12(15)6-14-10-22-17(8-16(14)19)11-3-4-11/h6,8,10-11,13,18,23H,3-5,7,9H2,1-2H3,(H,24,25). The van der Waals surface area contributed by atoms with Crippen LogP contribution in [0, 0.1) is 11.3 Å². The number of aromatic nitrogens is 1. The van der Waals surface area contributed by atoms with E-state index in [1.807, 2.05) is 26.0 Å². The van der Waals surface area contributed by atoms with E-state index in [4.69, 9.17) is 0 Å². The number of carbonyl (C=O) groups is 1. The maximum absolute atomic E-state index is 13.4. The fourth-order valence-corrected chi connectivity index (χ4v) is 6.27. The van der Waals surface area contributed by atoms with Gasteiger partial charge in [-0.1, -0.05) is 13.8 Å². The molecular formula is C21H24N2O4S. The Labute approximate surface area is 164 Å². The third-order valence-corrected chi connectivity index (χ3v) is 8.13. The summed E-state index contributed by atoms with van der Waals surface area (Å²) in [6.45, 7) is 4.09. The molecule has 0 saturated heterocycles. The average molecular weight is 401 g/mol. The van der Waals surface area contributed by atoms with E-state index in [1.54, 1.807) is 6.20 Å². The number of sulfonamides is 1. The fraction of sp³-hybridized carbons (Fsp3) is 0.524. The summed E-state index contributed by atoms with van der Waals surface area (Å²) in [4.78, 5) is 16.4. The maximum Gasteiger partial charge on any atom is 0.307 e. The zero-order valence-electron chi connectivity index (χ0n) is 16.0. The van der Waals surface area contributed by atoms with Crippen LogP contribution in [0.3, 0.4) is 0 Å². The number of aliphatic carboxylic acids is 1. The quantitative estimate of drug-likeness (QED) is 0.804. The van der Waals surface area contributed by atoms with Gasteiger partial charge in [-0.15, -0.1) is 0 Å². The number of benzene rings is 1. The van der Waals surface area contributed by atoms with Crippen LogP contribution in [0.2, 0.25) is 0 Å². The second-order valence-electron chi connectivity index (χ2n) is 9.26. The minimum Gasteiger partial charge on any atom is -0.481 e. The molecular weight excluding hydrogens is 376 g/mol. The maximum atomic E-state index is 13.4. The first-order valence-corrected chi connectivity index (χ1v) is 11.3. The molecule has 0 spiro atoms. The summed E-state index contributed by atoms with van der Waals surface area (Å²) in [5, 5.41) is 10.9. The van der Waals surface area contributed by atoms with E-state index < -0.39 is 21.9 Å². The number of nitrogens with one attached hydrogen (secondary N) is 1. The van der Waals surface area contributed by atoms with Crippen LogP contribution in [0.15, 0.2) is 23.2 Å². The number of hydrogen-bond donors (Lipinski definition) is 2. The van der Waals surface area contributed by atoms with Crippen LogP contribution >= 0.6 is 0 Å². The van der Waals surface area contributed by atoms with Gasteiger partial charge in [-0.05, 0) is 60.8 Å². The monoisotopic (exact) mass is 400 g/mol. The van der Waals surface area contributed by atoms with Crippen LogP contribution in [0.1, 0.15) is 55.8 Å². The number of hydrogen-bond acceptors (Lipinski definition) is 4. The van der Waals surface area contributed by atoms with E-state index in [0.29, 0.717) is 23.3 Å². The zero-order valence-corrected chi connectivity index (χ0v) is 16.8. The summed E-state index contributed by atoms with van der Waals surface area (Å²) in [7, 11) is -3.76. The normalized spacial score (nSPS) is 25.6. The third-order valence-electron chi connectivity index (χ3n) is 6.53. The molecule has 1 aromatic heterocycles. The predicted octanol–water partition coefficient (Wildman–Crippen LogP) is 2.99. The zero-order chi connectivity index (χ0) is 19.8. The lowest BCUT2D eigenvalue weighted by Crippen LogP contribution is -2.29. The van der Waals surface area contributed by atoms with Crippen molar-refractivity contribution in [2.24, 2.45) is 11.3 Å². The Morgan fingerprint density at radius 3 is 2.57 bits per heavy atom. The van der Waals surface area contributed by atoms with Crippen molar-refractivity contribution in [1.29, 1.82) is 0 Å². The molecule has 0 aliphatic heterocycles. The van der Waals surface area contributed by atoms with Crippen molar-refractivity contribution in [2.45, 2.75) is 62.8 Å². The van der Waals surface area contributed by atoms with E-state index in [1.165, 1.54) is 0 Å². The third kappa shape index (κ3) is 2.92. The van der Waals surface area contributed by atoms with Gasteiger partial charge in [0, 0.05) is 34.6 Å². The number of carboxylic acid groups (broad SMARTS) is 1. The van der Waals surface area contributed by atoms with Crippen molar-refractivity contribution in [3.63, 3.8) is 0 Å². The van der Waals surface area contributed by atoms with Crippen molar-refractivity contribution >= 4 is 26.8 Å². The van der Waals surface area contributed by atoms with Crippen LogP contribution in [0.5, 0.6) is 0 Å². The van der Waals surface area contributed by atoms with Crippen LogP contribution in [0.25, 0.3) is 10.8 Å². The summed E-state index contributed by atoms with van der Waals surface area (Å²) in [5.41, 5.74) is 2.38. The Bertz CT molecular complexity index is 1120. The Kier molecular flexibility index (Phi) is 3.72. The molecule has 0 amide bonds. The number of rotatable bonds is 5. The van der Waals surface area contributed by atoms with Crippen molar-refractivity contribution in [1.82, 2.24) is 9.71 Å². The van der Waals surface area contributed by atoms with E-state index >= 15 is 0 Å². The molecule has 148 valence electrons. The molecule has 2 fully saturated rings. The Hall–Kier alpha value is -1.99. The molecule has 1 heterocycles. The van der Waals surface area contributed by atoms with Gasteiger partial charge in [-0.2, -0.15) is 0 Å². The molecule has 0 radical (unpaired) electrons. The van der Waals surface area contributed by atoms with Gasteiger partial charge < -0.3 is 5.11 Å². The Morgan fingerprint density at radius 1 is 1.25 bits per heavy atom. The van der Waals surface area contributed by atoms with E-state index in [2.05, 4.69) is 9.71 Å². The Balaban J connectivity index is 1.69. The van der Waals surface area contributed by atoms with E-state index in [9.17, 15) is 18.3 Å². The molecule has 2 aromatic rings. The van der Waals surface area contributed by atoms with Gasteiger partial charge in [0.15, 0.2) is 0 Å². The molecule has 0 bridgehead atoms. The molecule has 2 atom stereocenters. The SMILES string of the molecule is CC1(C)CC1NS(=O)(=O)c1c2c(cc3cnc(C4CC4)cc13)CC(C(=O)O)C2. The summed E-state index contributed by atoms with van der Waals surface area (Å²) in [6.07, 6.45) is 5.35. The van der Waals surface area contributed by atoms with Gasteiger partial charge in [0.2, 0.25) is 10.0 Å². The lowest BCUT2D eigenvalue weighted by molar-refractivity contribution is -0.141. The molecule has 2 N–H and O–H groups in total. The van der Waals surface area contributed by atoms with Gasteiger partial charge in [0.25, 0.3) is 0 Å². The van der Waals surface area contributed by atoms with Gasteiger partial charge in [0.1, 0.15) is 0 Å². The van der Waals surface area contributed by atoms with Crippen LogP contribution in [0.4, 0.5) is 0 Å². The second-order valence-corrected chi connectivity index (χ2v) is 10.9. The topological polar surface area (TPSA) is 96.4 Å². The molecule has 2 saturated carbocycles. The fourth-order valence-electron chi connectivity index (χ4n) is 4.37. The van der Waals surface area contributed by atoms with Gasteiger partial charge in [-0.3, -0.25) is 9.78 Å². The van der Waals surface area contributed by atoms with Crippen molar-refractivity contribution < 1.29 is 18.3 Å². The second kappa shape index (κ2) is 5.76. The predicted molar refractivity (Wildman–Crippen MR) is 105 cm³/mol. The Morgan fingerprint density at radius 2 is 1.96 bits per heavy atom. The first-order valence-electron chi connectivity index (χ1n) is 9.85. The summed E-state index contributed by atoms with van der Waals surface area (Å²) in [6, 6.07) is 3.76. The highest BCUT2D eigenvalue weighted by atomic mass is 32.2. The molecule has 5 rings (SSSR count). The first kappa shape index (κ1) is 18.1. The molecule has 2 unspecified atom stereocenters. The van der Waals surface area contributed by atoms with Gasteiger partial charge >= 0.3 is 5.97 Å². The lowest BCUT2D eigenvalue weighted by atomic mass is 10.0. The first-order chi connectivity index (χ1) is 13.2. The van der Waals surface area contributed by atoms with Gasteiger partial charge in [-0.25, -0.2) is 13.1 Å². The van der Waals surface area contributed by atoms with Crippen LogP contribution in [-0.2, 0) is 27.7 Å². The van der Waals surface area contributed by atoms with E-state index in [0.717, 1.165) is 35.9 Å². The lowest BCUT2D eigenvalue weighted by Gasteiger charge is -2.16. The number of nitrogens with zero attached hydrogens (tertiary/aromatic N) is 1. The molecule has 3 aliphatic rings. The van der Waals surface area contributed by atoms with Crippen molar-refractivity contribution in [3.8, 4) is 0 Å². The smallest absolute Gasteiger partial charge is 0.307 e. The van der Waals surface area contributed by atoms with Crippen LogP contribution in [-0.4, -0.2) is 30.5 Å². The minimum atomic E-state index is -3.76. The summed E-state index contributed by atoms with van der Waals surface area (Å²) in [5.74, 6) is -1.04.